The first-order valence-corrected chi connectivity index (χ1v) is 17.4. The van der Waals surface area contributed by atoms with E-state index in [0.717, 1.165) is 5.56 Å². The van der Waals surface area contributed by atoms with Crippen molar-refractivity contribution >= 4 is 29.5 Å². The number of likely N-dealkylation sites (N-methyl/N-ethyl adjacent to an activating group) is 1. The molecule has 4 rings (SSSR count). The number of amides is 5. The summed E-state index contributed by atoms with van der Waals surface area (Å²) < 4.78 is 11.4. The number of aryl methyl sites for hydroxylation is 1. The number of benzene rings is 3. The van der Waals surface area contributed by atoms with E-state index in [0.29, 0.717) is 58.7 Å². The lowest BCUT2D eigenvalue weighted by Gasteiger charge is -2.32. The summed E-state index contributed by atoms with van der Waals surface area (Å²) in [6.07, 6.45) is 1.47. The Balaban J connectivity index is 1.83. The van der Waals surface area contributed by atoms with Crippen molar-refractivity contribution in [3.8, 4) is 28.7 Å². The maximum atomic E-state index is 14.4. The molecule has 3 aromatic carbocycles. The molecule has 14 heteroatoms. The van der Waals surface area contributed by atoms with Crippen molar-refractivity contribution in [3.63, 3.8) is 0 Å². The quantitative estimate of drug-likeness (QED) is 0.137. The van der Waals surface area contributed by atoms with Crippen LogP contribution in [0.4, 0.5) is 0 Å². The number of hydrogen-bond donors (Lipinski definition) is 5. The van der Waals surface area contributed by atoms with Crippen molar-refractivity contribution in [2.24, 2.45) is 5.73 Å². The van der Waals surface area contributed by atoms with Crippen LogP contribution in [-0.4, -0.2) is 86.9 Å². The van der Waals surface area contributed by atoms with Gasteiger partial charge in [-0.2, -0.15) is 5.26 Å². The number of methoxy groups -OCH3 is 2. The molecule has 4 atom stereocenters. The van der Waals surface area contributed by atoms with Crippen molar-refractivity contribution < 1.29 is 33.4 Å². The summed E-state index contributed by atoms with van der Waals surface area (Å²) in [4.78, 5) is 69.9. The highest BCUT2D eigenvalue weighted by atomic mass is 16.5. The molecule has 0 radical (unpaired) electrons. The van der Waals surface area contributed by atoms with Gasteiger partial charge < -0.3 is 41.4 Å². The summed E-state index contributed by atoms with van der Waals surface area (Å²) in [6, 6.07) is 14.6. The fraction of sp³-hybridized carbons (Fsp3) is 0.385. The van der Waals surface area contributed by atoms with Crippen LogP contribution < -0.4 is 36.5 Å². The molecular formula is C39H47N7O7. The van der Waals surface area contributed by atoms with Crippen LogP contribution in [0.5, 0.6) is 11.5 Å². The third-order valence-corrected chi connectivity index (χ3v) is 9.11. The van der Waals surface area contributed by atoms with Gasteiger partial charge in [0.1, 0.15) is 42.2 Å². The maximum absolute atomic E-state index is 14.4. The van der Waals surface area contributed by atoms with Crippen LogP contribution in [0.1, 0.15) is 59.3 Å². The van der Waals surface area contributed by atoms with E-state index < -0.39 is 53.7 Å². The summed E-state index contributed by atoms with van der Waals surface area (Å²) in [5.41, 5.74) is 9.25. The molecule has 5 amide bonds. The van der Waals surface area contributed by atoms with Gasteiger partial charge in [-0.3, -0.25) is 24.0 Å². The van der Waals surface area contributed by atoms with E-state index in [1.54, 1.807) is 60.7 Å². The van der Waals surface area contributed by atoms with E-state index >= 15 is 0 Å². The Hall–Kier alpha value is -5.94. The number of rotatable bonds is 12. The van der Waals surface area contributed by atoms with Gasteiger partial charge in [-0.15, -0.1) is 0 Å². The number of ether oxygens (including phenoxy) is 2. The zero-order valence-corrected chi connectivity index (χ0v) is 30.7. The van der Waals surface area contributed by atoms with Crippen molar-refractivity contribution in [1.82, 2.24) is 26.2 Å². The van der Waals surface area contributed by atoms with Gasteiger partial charge in [0, 0.05) is 30.2 Å². The number of nitrogens with zero attached hydrogens (tertiary/aromatic N) is 2. The largest absolute Gasteiger partial charge is 0.496 e. The molecular weight excluding hydrogens is 678 g/mol. The van der Waals surface area contributed by atoms with Gasteiger partial charge in [-0.1, -0.05) is 29.8 Å². The number of nitrogens with one attached hydrogen (secondary N) is 4. The molecule has 1 heterocycles. The molecule has 14 nitrogen and oxygen atoms in total. The SMILES string of the molecule is COc1ccc2cc1-c1cc(ccc1OC)[C@H](N(C)C(=O)[C@H](CCCCN)NC(=O)c1ccc(C)cc1)C(=O)N[C@@H](C)C(=O)N[C@H](C(=O)NCC#N)C2. The summed E-state index contributed by atoms with van der Waals surface area (Å²) in [7, 11) is 4.48. The van der Waals surface area contributed by atoms with Crippen LogP contribution in [0.25, 0.3) is 11.1 Å². The molecule has 53 heavy (non-hydrogen) atoms. The monoisotopic (exact) mass is 725 g/mol. The lowest BCUT2D eigenvalue weighted by atomic mass is 9.93. The van der Waals surface area contributed by atoms with Gasteiger partial charge in [-0.25, -0.2) is 0 Å². The fourth-order valence-electron chi connectivity index (χ4n) is 6.17. The van der Waals surface area contributed by atoms with Gasteiger partial charge in [0.2, 0.25) is 23.6 Å². The summed E-state index contributed by atoms with van der Waals surface area (Å²) in [5.74, 6) is -2.01. The molecule has 6 N–H and O–H groups in total. The number of hydrogen-bond acceptors (Lipinski definition) is 9. The van der Waals surface area contributed by atoms with Crippen LogP contribution in [0.2, 0.25) is 0 Å². The Morgan fingerprint density at radius 2 is 1.62 bits per heavy atom. The average Bonchev–Trinajstić information content (AvgIpc) is 3.15. The Morgan fingerprint density at radius 3 is 2.26 bits per heavy atom. The highest BCUT2D eigenvalue weighted by Crippen LogP contribution is 2.39. The number of carbonyl (C=O) groups is 5. The molecule has 0 aromatic heterocycles. The van der Waals surface area contributed by atoms with Crippen molar-refractivity contribution in [3.05, 3.63) is 82.9 Å². The second-order valence-corrected chi connectivity index (χ2v) is 12.9. The first-order valence-electron chi connectivity index (χ1n) is 17.4. The number of nitriles is 1. The minimum absolute atomic E-state index is 0.0579. The van der Waals surface area contributed by atoms with E-state index in [-0.39, 0.29) is 19.4 Å². The molecule has 0 spiro atoms. The number of fused-ring (bicyclic) bond motifs is 5. The van der Waals surface area contributed by atoms with E-state index in [1.165, 1.54) is 33.1 Å². The molecule has 0 fully saturated rings. The highest BCUT2D eigenvalue weighted by Gasteiger charge is 2.36. The standard InChI is InChI=1S/C39H47N7O7/c1-23-9-12-26(13-10-23)36(48)44-30(8-6-7-17-40)39(51)46(3)34-27-14-16-33(53-5)29(22-27)28-20-25(11-15-32(28)52-4)21-31(37(49)42-19-18-41)45-35(47)24(2)43-38(34)50/h9-16,20,22,24,30-31,34H,6-8,17,19,21,40H2,1-5H3,(H,42,49)(H,43,50)(H,44,48)(H,45,47)/t24-,30-,31-,34-/m0/s1. The molecule has 1 aliphatic heterocycles. The summed E-state index contributed by atoms with van der Waals surface area (Å²) in [5, 5.41) is 19.8. The van der Waals surface area contributed by atoms with Gasteiger partial charge in [0.15, 0.2) is 0 Å². The molecule has 280 valence electrons. The minimum Gasteiger partial charge on any atom is -0.496 e. The molecule has 4 bridgehead atoms. The van der Waals surface area contributed by atoms with E-state index in [2.05, 4.69) is 21.3 Å². The third kappa shape index (κ3) is 9.90. The predicted octanol–water partition coefficient (Wildman–Crippen LogP) is 2.29. The highest BCUT2D eigenvalue weighted by molar-refractivity contribution is 5.99. The normalized spacial score (nSPS) is 17.5. The molecule has 3 aromatic rings. The summed E-state index contributed by atoms with van der Waals surface area (Å²) >= 11 is 0. The lowest BCUT2D eigenvalue weighted by Crippen LogP contribution is -2.56. The van der Waals surface area contributed by atoms with Gasteiger partial charge in [0.05, 0.1) is 20.3 Å². The molecule has 0 saturated carbocycles. The summed E-state index contributed by atoms with van der Waals surface area (Å²) in [6.45, 7) is 3.50. The Kier molecular flexibility index (Phi) is 13.9. The Bertz CT molecular complexity index is 1860. The topological polar surface area (TPSA) is 205 Å². The second kappa shape index (κ2) is 18.5. The predicted molar refractivity (Wildman–Crippen MR) is 198 cm³/mol. The number of nitrogens with two attached hydrogens (primary N) is 1. The smallest absolute Gasteiger partial charge is 0.251 e. The first kappa shape index (κ1) is 39.8. The average molecular weight is 726 g/mol. The van der Waals surface area contributed by atoms with Crippen molar-refractivity contribution in [2.75, 3.05) is 34.4 Å². The lowest BCUT2D eigenvalue weighted by molar-refractivity contribution is -0.141. The van der Waals surface area contributed by atoms with Crippen LogP contribution in [-0.2, 0) is 25.6 Å². The van der Waals surface area contributed by atoms with Crippen LogP contribution in [0.15, 0.2) is 60.7 Å². The molecule has 1 aliphatic rings. The van der Waals surface area contributed by atoms with Crippen LogP contribution in [0, 0.1) is 18.3 Å². The van der Waals surface area contributed by atoms with E-state index in [4.69, 9.17) is 20.5 Å². The van der Waals surface area contributed by atoms with Crippen molar-refractivity contribution in [1.29, 1.82) is 5.26 Å². The maximum Gasteiger partial charge on any atom is 0.251 e. The van der Waals surface area contributed by atoms with Crippen LogP contribution in [0.3, 0.4) is 0 Å². The number of unbranched alkanes of at least 4 members (excludes halogenated alkanes) is 1. The fourth-order valence-corrected chi connectivity index (χ4v) is 6.17. The molecule has 0 unspecified atom stereocenters. The first-order chi connectivity index (χ1) is 25.4. The molecule has 0 aliphatic carbocycles. The van der Waals surface area contributed by atoms with Crippen LogP contribution >= 0.6 is 0 Å². The zero-order valence-electron chi connectivity index (χ0n) is 30.7. The van der Waals surface area contributed by atoms with E-state index in [9.17, 15) is 24.0 Å². The third-order valence-electron chi connectivity index (χ3n) is 9.11. The zero-order chi connectivity index (χ0) is 38.7. The number of carbonyl (C=O) groups excluding carboxylic acids is 5. The Morgan fingerprint density at radius 1 is 0.962 bits per heavy atom. The van der Waals surface area contributed by atoms with Gasteiger partial charge >= 0.3 is 0 Å². The van der Waals surface area contributed by atoms with E-state index in [1.807, 2.05) is 13.0 Å². The molecule has 0 saturated heterocycles. The van der Waals surface area contributed by atoms with Gasteiger partial charge in [0.25, 0.3) is 5.91 Å². The van der Waals surface area contributed by atoms with Gasteiger partial charge in [-0.05, 0) is 87.2 Å². The second-order valence-electron chi connectivity index (χ2n) is 12.9. The van der Waals surface area contributed by atoms with Crippen molar-refractivity contribution in [2.45, 2.75) is 63.7 Å². The minimum atomic E-state index is -1.29. The Labute approximate surface area is 309 Å².